The van der Waals surface area contributed by atoms with Crippen molar-refractivity contribution in [1.82, 2.24) is 9.47 Å². The number of likely N-dealkylation sites (N-methyl/N-ethyl adjacent to an activating group) is 1. The molecule has 0 bridgehead atoms. The SMILES string of the molecule is CCN1CCc2c(cc(CN)c(=O)n2-c2cccc(C)c2)C1. The molecule has 0 unspecified atom stereocenters. The van der Waals surface area contributed by atoms with Gasteiger partial charge in [0.2, 0.25) is 0 Å². The molecule has 4 nitrogen and oxygen atoms in total. The summed E-state index contributed by atoms with van der Waals surface area (Å²) >= 11 is 0. The van der Waals surface area contributed by atoms with Crippen LogP contribution in [0.15, 0.2) is 35.1 Å². The third-order valence-electron chi connectivity index (χ3n) is 4.45. The van der Waals surface area contributed by atoms with Crippen molar-refractivity contribution in [3.05, 3.63) is 63.1 Å². The Morgan fingerprint density at radius 1 is 1.27 bits per heavy atom. The molecular formula is C18H23N3O. The predicted molar refractivity (Wildman–Crippen MR) is 89.3 cm³/mol. The molecule has 0 saturated heterocycles. The molecule has 0 radical (unpaired) electrons. The standard InChI is InChI=1S/C18H23N3O/c1-3-20-8-7-17-15(12-20)10-14(11-19)18(22)21(17)16-6-4-5-13(2)9-16/h4-6,9-10H,3,7-8,11-12,19H2,1-2H3. The zero-order valence-electron chi connectivity index (χ0n) is 13.3. The van der Waals surface area contributed by atoms with E-state index in [1.165, 1.54) is 5.56 Å². The summed E-state index contributed by atoms with van der Waals surface area (Å²) < 4.78 is 1.87. The monoisotopic (exact) mass is 297 g/mol. The minimum absolute atomic E-state index is 0.0248. The zero-order chi connectivity index (χ0) is 15.7. The van der Waals surface area contributed by atoms with Gasteiger partial charge in [-0.1, -0.05) is 19.1 Å². The summed E-state index contributed by atoms with van der Waals surface area (Å²) in [7, 11) is 0. The second-order valence-corrected chi connectivity index (χ2v) is 5.94. The number of fused-ring (bicyclic) bond motifs is 1. The number of aryl methyl sites for hydroxylation is 1. The molecule has 1 aromatic heterocycles. The molecule has 0 saturated carbocycles. The molecule has 22 heavy (non-hydrogen) atoms. The van der Waals surface area contributed by atoms with Gasteiger partial charge in [-0.05, 0) is 42.8 Å². The highest BCUT2D eigenvalue weighted by Crippen LogP contribution is 2.22. The van der Waals surface area contributed by atoms with Crippen LogP contribution in [-0.4, -0.2) is 22.6 Å². The van der Waals surface area contributed by atoms with Crippen molar-refractivity contribution in [3.63, 3.8) is 0 Å². The second kappa shape index (κ2) is 6.07. The number of nitrogens with two attached hydrogens (primary N) is 1. The predicted octanol–water partition coefficient (Wildman–Crippen LogP) is 1.98. The van der Waals surface area contributed by atoms with Crippen molar-refractivity contribution in [3.8, 4) is 5.69 Å². The first-order valence-electron chi connectivity index (χ1n) is 7.90. The Labute approximate surface area is 131 Å². The van der Waals surface area contributed by atoms with Gasteiger partial charge in [0.25, 0.3) is 5.56 Å². The van der Waals surface area contributed by atoms with Gasteiger partial charge in [0.05, 0.1) is 0 Å². The summed E-state index contributed by atoms with van der Waals surface area (Å²) in [5.74, 6) is 0. The minimum atomic E-state index is 0.0248. The number of hydrogen-bond donors (Lipinski definition) is 1. The van der Waals surface area contributed by atoms with E-state index >= 15 is 0 Å². The van der Waals surface area contributed by atoms with Gasteiger partial charge < -0.3 is 5.73 Å². The zero-order valence-corrected chi connectivity index (χ0v) is 13.3. The maximum Gasteiger partial charge on any atom is 0.259 e. The van der Waals surface area contributed by atoms with E-state index < -0.39 is 0 Å². The van der Waals surface area contributed by atoms with E-state index in [2.05, 4.69) is 17.9 Å². The summed E-state index contributed by atoms with van der Waals surface area (Å²) in [5, 5.41) is 0. The lowest BCUT2D eigenvalue weighted by Crippen LogP contribution is -2.36. The average molecular weight is 297 g/mol. The van der Waals surface area contributed by atoms with Crippen LogP contribution in [0, 0.1) is 6.92 Å². The van der Waals surface area contributed by atoms with Crippen LogP contribution in [0.2, 0.25) is 0 Å². The molecule has 0 atom stereocenters. The summed E-state index contributed by atoms with van der Waals surface area (Å²) in [6.45, 7) is 7.42. The highest BCUT2D eigenvalue weighted by Gasteiger charge is 2.21. The second-order valence-electron chi connectivity index (χ2n) is 5.94. The largest absolute Gasteiger partial charge is 0.326 e. The van der Waals surface area contributed by atoms with Crippen LogP contribution < -0.4 is 11.3 Å². The maximum absolute atomic E-state index is 12.8. The van der Waals surface area contributed by atoms with Crippen LogP contribution in [0.5, 0.6) is 0 Å². The number of nitrogens with zero attached hydrogens (tertiary/aromatic N) is 2. The van der Waals surface area contributed by atoms with Crippen LogP contribution in [0.3, 0.4) is 0 Å². The van der Waals surface area contributed by atoms with Crippen molar-refractivity contribution < 1.29 is 0 Å². The van der Waals surface area contributed by atoms with Crippen molar-refractivity contribution >= 4 is 0 Å². The van der Waals surface area contributed by atoms with Gasteiger partial charge in [0.15, 0.2) is 0 Å². The molecule has 1 aliphatic heterocycles. The topological polar surface area (TPSA) is 51.3 Å². The third kappa shape index (κ3) is 2.60. The number of rotatable bonds is 3. The van der Waals surface area contributed by atoms with Crippen LogP contribution >= 0.6 is 0 Å². The third-order valence-corrected chi connectivity index (χ3v) is 4.45. The first-order valence-corrected chi connectivity index (χ1v) is 7.90. The fraction of sp³-hybridized carbons (Fsp3) is 0.389. The van der Waals surface area contributed by atoms with Crippen LogP contribution in [0.25, 0.3) is 5.69 Å². The number of aromatic nitrogens is 1. The Morgan fingerprint density at radius 3 is 2.77 bits per heavy atom. The van der Waals surface area contributed by atoms with Gasteiger partial charge in [-0.25, -0.2) is 0 Å². The van der Waals surface area contributed by atoms with Gasteiger partial charge in [-0.15, -0.1) is 0 Å². The van der Waals surface area contributed by atoms with Crippen molar-refractivity contribution in [2.45, 2.75) is 33.4 Å². The molecule has 4 heteroatoms. The van der Waals surface area contributed by atoms with Gasteiger partial charge in [-0.2, -0.15) is 0 Å². The first kappa shape index (κ1) is 15.0. The van der Waals surface area contributed by atoms with E-state index in [0.717, 1.165) is 43.0 Å². The molecule has 116 valence electrons. The van der Waals surface area contributed by atoms with Crippen LogP contribution in [0.4, 0.5) is 0 Å². The quantitative estimate of drug-likeness (QED) is 0.942. The maximum atomic E-state index is 12.8. The average Bonchev–Trinajstić information content (AvgIpc) is 2.53. The van der Waals surface area contributed by atoms with E-state index in [4.69, 9.17) is 5.73 Å². The lowest BCUT2D eigenvalue weighted by Gasteiger charge is -2.30. The molecule has 0 aliphatic carbocycles. The van der Waals surface area contributed by atoms with Crippen molar-refractivity contribution in [2.75, 3.05) is 13.1 Å². The Bertz CT molecular complexity index is 748. The summed E-state index contributed by atoms with van der Waals surface area (Å²) in [5.41, 5.74) is 11.0. The van der Waals surface area contributed by atoms with Gasteiger partial charge in [0, 0.05) is 43.0 Å². The molecule has 1 aliphatic rings. The highest BCUT2D eigenvalue weighted by molar-refractivity contribution is 5.41. The lowest BCUT2D eigenvalue weighted by atomic mass is 10.0. The molecule has 0 fully saturated rings. The summed E-state index contributed by atoms with van der Waals surface area (Å²) in [6.07, 6.45) is 0.900. The fourth-order valence-electron chi connectivity index (χ4n) is 3.21. The molecule has 2 N–H and O–H groups in total. The van der Waals surface area contributed by atoms with E-state index in [1.54, 1.807) is 0 Å². The van der Waals surface area contributed by atoms with E-state index in [9.17, 15) is 4.79 Å². The molecule has 1 aromatic carbocycles. The smallest absolute Gasteiger partial charge is 0.259 e. The molecule has 0 amide bonds. The highest BCUT2D eigenvalue weighted by atomic mass is 16.1. The minimum Gasteiger partial charge on any atom is -0.326 e. The Hall–Kier alpha value is -1.91. The fourth-order valence-corrected chi connectivity index (χ4v) is 3.21. The number of pyridine rings is 1. The van der Waals surface area contributed by atoms with Crippen molar-refractivity contribution in [1.29, 1.82) is 0 Å². The van der Waals surface area contributed by atoms with Gasteiger partial charge in [0.1, 0.15) is 0 Å². The van der Waals surface area contributed by atoms with E-state index in [-0.39, 0.29) is 12.1 Å². The lowest BCUT2D eigenvalue weighted by molar-refractivity contribution is 0.263. The summed E-state index contributed by atoms with van der Waals surface area (Å²) in [4.78, 5) is 15.2. The molecule has 2 heterocycles. The molecule has 0 spiro atoms. The molecule has 2 aromatic rings. The van der Waals surface area contributed by atoms with E-state index in [1.807, 2.05) is 35.8 Å². The number of benzene rings is 1. The first-order chi connectivity index (χ1) is 10.6. The normalized spacial score (nSPS) is 14.9. The Kier molecular flexibility index (Phi) is 4.14. The van der Waals surface area contributed by atoms with Gasteiger partial charge >= 0.3 is 0 Å². The summed E-state index contributed by atoms with van der Waals surface area (Å²) in [6, 6.07) is 10.1. The van der Waals surface area contributed by atoms with Crippen LogP contribution in [-0.2, 0) is 19.5 Å². The van der Waals surface area contributed by atoms with Crippen molar-refractivity contribution in [2.24, 2.45) is 5.73 Å². The molecule has 3 rings (SSSR count). The number of hydrogen-bond acceptors (Lipinski definition) is 3. The van der Waals surface area contributed by atoms with Gasteiger partial charge in [-0.3, -0.25) is 14.3 Å². The van der Waals surface area contributed by atoms with E-state index in [0.29, 0.717) is 5.56 Å². The Morgan fingerprint density at radius 2 is 2.09 bits per heavy atom. The van der Waals surface area contributed by atoms with Crippen LogP contribution in [0.1, 0.15) is 29.3 Å². The Balaban J connectivity index is 2.22. The molecular weight excluding hydrogens is 274 g/mol.